The molecule has 2 aromatic rings. The van der Waals surface area contributed by atoms with Crippen LogP contribution >= 0.6 is 0 Å². The van der Waals surface area contributed by atoms with Crippen LogP contribution in [0.4, 0.5) is 0 Å². The normalized spacial score (nSPS) is 11.2. The number of aromatic nitrogens is 2. The Balaban J connectivity index is 1.97. The summed E-state index contributed by atoms with van der Waals surface area (Å²) in [6.45, 7) is 2.56. The van der Waals surface area contributed by atoms with E-state index in [2.05, 4.69) is 28.0 Å². The molecular formula is C13H19N3O. The molecule has 0 radical (unpaired) electrons. The molecule has 0 aliphatic carbocycles. The average molecular weight is 233 g/mol. The monoisotopic (exact) mass is 233 g/mol. The predicted molar refractivity (Wildman–Crippen MR) is 68.9 cm³/mol. The van der Waals surface area contributed by atoms with E-state index in [-0.39, 0.29) is 0 Å². The molecule has 1 aromatic heterocycles. The number of methoxy groups -OCH3 is 1. The molecule has 0 bridgehead atoms. The molecule has 1 aromatic carbocycles. The van der Waals surface area contributed by atoms with Crippen molar-refractivity contribution >= 4 is 11.0 Å². The van der Waals surface area contributed by atoms with Crippen LogP contribution in [-0.2, 0) is 18.3 Å². The molecule has 0 aliphatic heterocycles. The van der Waals surface area contributed by atoms with Crippen molar-refractivity contribution in [3.63, 3.8) is 0 Å². The van der Waals surface area contributed by atoms with E-state index in [0.29, 0.717) is 0 Å². The Kier molecular flexibility index (Phi) is 4.12. The third kappa shape index (κ3) is 2.84. The quantitative estimate of drug-likeness (QED) is 0.772. The summed E-state index contributed by atoms with van der Waals surface area (Å²) in [5, 5.41) is 3.37. The van der Waals surface area contributed by atoms with Gasteiger partial charge < -0.3 is 14.6 Å². The van der Waals surface area contributed by atoms with E-state index in [9.17, 15) is 0 Å². The van der Waals surface area contributed by atoms with Gasteiger partial charge in [0.1, 0.15) is 5.82 Å². The Bertz CT molecular complexity index is 478. The first-order chi connectivity index (χ1) is 8.33. The van der Waals surface area contributed by atoms with Crippen molar-refractivity contribution in [3.05, 3.63) is 30.1 Å². The number of fused-ring (bicyclic) bond motifs is 1. The van der Waals surface area contributed by atoms with Crippen LogP contribution in [0, 0.1) is 0 Å². The second-order valence-corrected chi connectivity index (χ2v) is 4.10. The van der Waals surface area contributed by atoms with Gasteiger partial charge in [0.25, 0.3) is 0 Å². The number of nitrogens with one attached hydrogen (secondary N) is 1. The van der Waals surface area contributed by atoms with E-state index in [1.807, 2.05) is 18.2 Å². The smallest absolute Gasteiger partial charge is 0.123 e. The Morgan fingerprint density at radius 1 is 1.35 bits per heavy atom. The molecular weight excluding hydrogens is 214 g/mol. The Hall–Kier alpha value is -1.39. The molecule has 2 rings (SSSR count). The van der Waals surface area contributed by atoms with Crippen LogP contribution in [0.1, 0.15) is 12.2 Å². The SMILES string of the molecule is COCCCNCc1nc2ccccc2n1C. The van der Waals surface area contributed by atoms with Crippen molar-refractivity contribution in [1.29, 1.82) is 0 Å². The van der Waals surface area contributed by atoms with Gasteiger partial charge in [-0.05, 0) is 25.1 Å². The van der Waals surface area contributed by atoms with Gasteiger partial charge in [-0.3, -0.25) is 0 Å². The fourth-order valence-electron chi connectivity index (χ4n) is 1.90. The van der Waals surface area contributed by atoms with Crippen LogP contribution in [0.5, 0.6) is 0 Å². The van der Waals surface area contributed by atoms with Gasteiger partial charge in [-0.15, -0.1) is 0 Å². The number of rotatable bonds is 6. The minimum absolute atomic E-state index is 0.800. The summed E-state index contributed by atoms with van der Waals surface area (Å²) >= 11 is 0. The zero-order chi connectivity index (χ0) is 12.1. The molecule has 0 atom stereocenters. The summed E-state index contributed by atoms with van der Waals surface area (Å²) in [4.78, 5) is 4.60. The standard InChI is InChI=1S/C13H19N3O/c1-16-12-7-4-3-6-11(12)15-13(16)10-14-8-5-9-17-2/h3-4,6-7,14H,5,8-10H2,1-2H3. The summed E-state index contributed by atoms with van der Waals surface area (Å²) in [7, 11) is 3.78. The molecule has 0 aliphatic rings. The van der Waals surface area contributed by atoms with Crippen molar-refractivity contribution in [1.82, 2.24) is 14.9 Å². The predicted octanol–water partition coefficient (Wildman–Crippen LogP) is 1.70. The van der Waals surface area contributed by atoms with E-state index >= 15 is 0 Å². The van der Waals surface area contributed by atoms with Crippen LogP contribution < -0.4 is 5.32 Å². The van der Waals surface area contributed by atoms with Crippen molar-refractivity contribution < 1.29 is 4.74 Å². The van der Waals surface area contributed by atoms with Crippen molar-refractivity contribution in [2.45, 2.75) is 13.0 Å². The minimum Gasteiger partial charge on any atom is -0.385 e. The van der Waals surface area contributed by atoms with Gasteiger partial charge in [0.15, 0.2) is 0 Å². The number of benzene rings is 1. The summed E-state index contributed by atoms with van der Waals surface area (Å²) in [6.07, 6.45) is 1.03. The second-order valence-electron chi connectivity index (χ2n) is 4.10. The molecule has 0 saturated heterocycles. The van der Waals surface area contributed by atoms with Crippen molar-refractivity contribution in [2.75, 3.05) is 20.3 Å². The molecule has 4 nitrogen and oxygen atoms in total. The Labute approximate surface area is 102 Å². The highest BCUT2D eigenvalue weighted by atomic mass is 16.5. The Morgan fingerprint density at radius 3 is 2.94 bits per heavy atom. The van der Waals surface area contributed by atoms with Gasteiger partial charge in [0, 0.05) is 20.8 Å². The maximum Gasteiger partial charge on any atom is 0.123 e. The first-order valence-electron chi connectivity index (χ1n) is 5.93. The lowest BCUT2D eigenvalue weighted by molar-refractivity contribution is 0.194. The molecule has 0 saturated carbocycles. The van der Waals surface area contributed by atoms with E-state index in [0.717, 1.165) is 37.5 Å². The van der Waals surface area contributed by atoms with Gasteiger partial charge in [0.2, 0.25) is 0 Å². The number of ether oxygens (including phenoxy) is 1. The van der Waals surface area contributed by atoms with Gasteiger partial charge in [-0.25, -0.2) is 4.98 Å². The maximum absolute atomic E-state index is 5.01. The van der Waals surface area contributed by atoms with Gasteiger partial charge in [-0.1, -0.05) is 12.1 Å². The molecule has 1 N–H and O–H groups in total. The van der Waals surface area contributed by atoms with E-state index < -0.39 is 0 Å². The molecule has 92 valence electrons. The molecule has 17 heavy (non-hydrogen) atoms. The number of imidazole rings is 1. The molecule has 0 fully saturated rings. The fraction of sp³-hybridized carbons (Fsp3) is 0.462. The minimum atomic E-state index is 0.800. The van der Waals surface area contributed by atoms with Crippen molar-refractivity contribution in [2.24, 2.45) is 7.05 Å². The third-order valence-corrected chi connectivity index (χ3v) is 2.86. The van der Waals surface area contributed by atoms with Crippen LogP contribution in [0.3, 0.4) is 0 Å². The highest BCUT2D eigenvalue weighted by Gasteiger charge is 2.05. The lowest BCUT2D eigenvalue weighted by Gasteiger charge is -2.04. The van der Waals surface area contributed by atoms with Crippen LogP contribution in [0.2, 0.25) is 0 Å². The number of hydrogen-bond acceptors (Lipinski definition) is 3. The third-order valence-electron chi connectivity index (χ3n) is 2.86. The lowest BCUT2D eigenvalue weighted by Crippen LogP contribution is -2.18. The van der Waals surface area contributed by atoms with Crippen LogP contribution in [0.15, 0.2) is 24.3 Å². The first kappa shape index (κ1) is 12.1. The molecule has 4 heteroatoms. The summed E-state index contributed by atoms with van der Waals surface area (Å²) in [5.74, 6) is 1.07. The lowest BCUT2D eigenvalue weighted by atomic mass is 10.3. The van der Waals surface area contributed by atoms with Gasteiger partial charge in [0.05, 0.1) is 17.6 Å². The van der Waals surface area contributed by atoms with Crippen LogP contribution in [-0.4, -0.2) is 29.8 Å². The number of para-hydroxylation sites is 2. The molecule has 0 amide bonds. The largest absolute Gasteiger partial charge is 0.385 e. The molecule has 0 spiro atoms. The highest BCUT2D eigenvalue weighted by molar-refractivity contribution is 5.75. The average Bonchev–Trinajstić information content (AvgIpc) is 2.67. The summed E-state index contributed by atoms with van der Waals surface area (Å²) in [5.41, 5.74) is 2.24. The molecule has 1 heterocycles. The van der Waals surface area contributed by atoms with Gasteiger partial charge in [-0.2, -0.15) is 0 Å². The highest BCUT2D eigenvalue weighted by Crippen LogP contribution is 2.13. The fourth-order valence-corrected chi connectivity index (χ4v) is 1.90. The molecule has 0 unspecified atom stereocenters. The van der Waals surface area contributed by atoms with E-state index in [1.54, 1.807) is 7.11 Å². The topological polar surface area (TPSA) is 39.1 Å². The summed E-state index contributed by atoms with van der Waals surface area (Å²) in [6, 6.07) is 8.20. The zero-order valence-electron chi connectivity index (χ0n) is 10.4. The zero-order valence-corrected chi connectivity index (χ0v) is 10.4. The number of nitrogens with zero attached hydrogens (tertiary/aromatic N) is 2. The number of aryl methyl sites for hydroxylation is 1. The van der Waals surface area contributed by atoms with E-state index in [1.165, 1.54) is 5.52 Å². The van der Waals surface area contributed by atoms with Gasteiger partial charge >= 0.3 is 0 Å². The second kappa shape index (κ2) is 5.80. The van der Waals surface area contributed by atoms with E-state index in [4.69, 9.17) is 4.74 Å². The summed E-state index contributed by atoms with van der Waals surface area (Å²) < 4.78 is 7.14. The maximum atomic E-state index is 5.01. The first-order valence-corrected chi connectivity index (χ1v) is 5.93. The van der Waals surface area contributed by atoms with Crippen LogP contribution in [0.25, 0.3) is 11.0 Å². The Morgan fingerprint density at radius 2 is 2.18 bits per heavy atom. The van der Waals surface area contributed by atoms with Crippen molar-refractivity contribution in [3.8, 4) is 0 Å². The number of hydrogen-bond donors (Lipinski definition) is 1.